The molecule has 11 nitrogen and oxygen atoms in total. The molecule has 0 bridgehead atoms. The van der Waals surface area contributed by atoms with Crippen LogP contribution in [0.3, 0.4) is 0 Å². The zero-order valence-electron chi connectivity index (χ0n) is 36.4. The molecule has 0 aliphatic carbocycles. The van der Waals surface area contributed by atoms with E-state index in [1.54, 1.807) is 4.90 Å². The van der Waals surface area contributed by atoms with E-state index in [9.17, 15) is 28.2 Å². The Bertz CT molecular complexity index is 1080. The van der Waals surface area contributed by atoms with Crippen LogP contribution < -0.4 is 5.14 Å². The second-order valence-electron chi connectivity index (χ2n) is 15.5. The van der Waals surface area contributed by atoms with Gasteiger partial charge in [0.05, 0.1) is 26.4 Å². The standard InChI is InChI=1S/C45H86N2O9S/c1-3-5-7-9-11-13-15-17-19-21-23-25-27-29-31-33-43(50)55-42(41-54-40-37-47(35-38-48)36-39-49)45(57(46,52)53)56-44(51)34-32-30-28-26-24-22-20-18-16-14-12-10-8-6-4-2/h17-20,42,45,48-49H,3-16,21-41H2,1-2H3,(H2,46,52,53). The van der Waals surface area contributed by atoms with Crippen molar-refractivity contribution in [3.05, 3.63) is 24.3 Å². The Morgan fingerprint density at radius 1 is 0.561 bits per heavy atom. The Balaban J connectivity index is 4.78. The Hall–Kier alpha value is -1.83. The number of rotatable bonds is 43. The van der Waals surface area contributed by atoms with E-state index in [2.05, 4.69) is 38.2 Å². The molecule has 0 fully saturated rings. The summed E-state index contributed by atoms with van der Waals surface area (Å²) in [7, 11) is -4.47. The van der Waals surface area contributed by atoms with Gasteiger partial charge in [0.1, 0.15) is 0 Å². The number of nitrogens with two attached hydrogens (primary N) is 1. The molecule has 57 heavy (non-hydrogen) atoms. The van der Waals surface area contributed by atoms with Crippen molar-refractivity contribution in [2.24, 2.45) is 5.14 Å². The number of hydrogen-bond acceptors (Lipinski definition) is 10. The number of esters is 2. The van der Waals surface area contributed by atoms with Crippen LogP contribution in [-0.2, 0) is 33.8 Å². The lowest BCUT2D eigenvalue weighted by atomic mass is 10.1. The lowest BCUT2D eigenvalue weighted by Crippen LogP contribution is -2.47. The minimum absolute atomic E-state index is 0.0257. The third-order valence-electron chi connectivity index (χ3n) is 10.1. The molecule has 2 atom stereocenters. The van der Waals surface area contributed by atoms with E-state index < -0.39 is 33.5 Å². The second kappa shape index (κ2) is 40.9. The van der Waals surface area contributed by atoms with Crippen molar-refractivity contribution in [2.75, 3.05) is 46.1 Å². The molecule has 0 radical (unpaired) electrons. The van der Waals surface area contributed by atoms with Gasteiger partial charge in [0.2, 0.25) is 0 Å². The molecule has 0 aliphatic rings. The number of sulfonamides is 1. The number of allylic oxidation sites excluding steroid dienone is 4. The maximum Gasteiger partial charge on any atom is 0.307 e. The van der Waals surface area contributed by atoms with Crippen LogP contribution in [-0.4, -0.2) is 93.1 Å². The molecule has 0 saturated heterocycles. The smallest absolute Gasteiger partial charge is 0.307 e. The molecular formula is C45H86N2O9S. The van der Waals surface area contributed by atoms with Crippen LogP contribution in [0, 0.1) is 0 Å². The SMILES string of the molecule is CCCCCCCCC=CCCCCCCCC(=O)OC(COCCN(CCO)CCO)C(OC(=O)CCCCCCCC=CCCCCCCCC)S(N)(=O)=O. The zero-order chi connectivity index (χ0) is 42.1. The Morgan fingerprint density at radius 2 is 0.930 bits per heavy atom. The lowest BCUT2D eigenvalue weighted by molar-refractivity contribution is -0.166. The van der Waals surface area contributed by atoms with E-state index in [1.807, 2.05) is 0 Å². The van der Waals surface area contributed by atoms with Gasteiger partial charge in [-0.05, 0) is 64.2 Å². The number of primary sulfonamides is 1. The fourth-order valence-electron chi connectivity index (χ4n) is 6.63. The van der Waals surface area contributed by atoms with Crippen LogP contribution in [0.15, 0.2) is 24.3 Å². The summed E-state index contributed by atoms with van der Waals surface area (Å²) in [6, 6.07) is 0. The predicted octanol–water partition coefficient (Wildman–Crippen LogP) is 9.43. The van der Waals surface area contributed by atoms with Crippen LogP contribution in [0.5, 0.6) is 0 Å². The maximum absolute atomic E-state index is 12.9. The molecule has 0 amide bonds. The van der Waals surface area contributed by atoms with Gasteiger partial charge in [-0.2, -0.15) is 0 Å². The fourth-order valence-corrected chi connectivity index (χ4v) is 7.43. The first-order chi connectivity index (χ1) is 27.7. The summed E-state index contributed by atoms with van der Waals surface area (Å²) in [6.07, 6.45) is 36.9. The highest BCUT2D eigenvalue weighted by molar-refractivity contribution is 7.89. The van der Waals surface area contributed by atoms with Crippen molar-refractivity contribution < 1.29 is 42.4 Å². The molecule has 0 saturated carbocycles. The van der Waals surface area contributed by atoms with E-state index >= 15 is 0 Å². The summed E-state index contributed by atoms with van der Waals surface area (Å²) in [5.41, 5.74) is -1.91. The van der Waals surface area contributed by atoms with E-state index in [0.29, 0.717) is 32.5 Å². The third kappa shape index (κ3) is 36.9. The highest BCUT2D eigenvalue weighted by atomic mass is 32.2. The van der Waals surface area contributed by atoms with Gasteiger partial charge < -0.3 is 24.4 Å². The first kappa shape index (κ1) is 55.2. The summed E-state index contributed by atoms with van der Waals surface area (Å²) in [5, 5.41) is 24.1. The molecule has 0 aromatic rings. The normalized spacial score (nSPS) is 13.2. The summed E-state index contributed by atoms with van der Waals surface area (Å²) in [6.45, 7) is 5.01. The van der Waals surface area contributed by atoms with Crippen LogP contribution in [0.25, 0.3) is 0 Å². The van der Waals surface area contributed by atoms with Gasteiger partial charge in [-0.3, -0.25) is 14.5 Å². The third-order valence-corrected chi connectivity index (χ3v) is 11.2. The molecule has 0 spiro atoms. The number of aliphatic hydroxyl groups excluding tert-OH is 2. The molecule has 0 aliphatic heterocycles. The van der Waals surface area contributed by atoms with Crippen LogP contribution in [0.4, 0.5) is 0 Å². The molecule has 336 valence electrons. The number of carbonyl (C=O) groups excluding carboxylic acids is 2. The van der Waals surface area contributed by atoms with Gasteiger partial charge in [-0.1, -0.05) is 141 Å². The summed E-state index contributed by atoms with van der Waals surface area (Å²) < 4.78 is 42.1. The van der Waals surface area contributed by atoms with Gasteiger partial charge >= 0.3 is 11.9 Å². The zero-order valence-corrected chi connectivity index (χ0v) is 37.2. The number of carbonyl (C=O) groups is 2. The van der Waals surface area contributed by atoms with Gasteiger partial charge in [0.15, 0.2) is 6.10 Å². The molecule has 4 N–H and O–H groups in total. The number of ether oxygens (including phenoxy) is 3. The molecule has 0 aromatic carbocycles. The van der Waals surface area contributed by atoms with Gasteiger partial charge in [0.25, 0.3) is 15.5 Å². The van der Waals surface area contributed by atoms with Crippen molar-refractivity contribution in [2.45, 2.75) is 205 Å². The molecule has 2 unspecified atom stereocenters. The number of aliphatic hydroxyl groups is 2. The van der Waals surface area contributed by atoms with Crippen molar-refractivity contribution in [3.63, 3.8) is 0 Å². The number of unbranched alkanes of at least 4 members (excludes halogenated alkanes) is 22. The average Bonchev–Trinajstić information content (AvgIpc) is 3.17. The van der Waals surface area contributed by atoms with E-state index in [-0.39, 0.29) is 39.3 Å². The minimum atomic E-state index is -4.47. The van der Waals surface area contributed by atoms with E-state index in [1.165, 1.54) is 77.0 Å². The van der Waals surface area contributed by atoms with Crippen molar-refractivity contribution in [1.29, 1.82) is 0 Å². The van der Waals surface area contributed by atoms with Crippen molar-refractivity contribution >= 4 is 22.0 Å². The summed E-state index contributed by atoms with van der Waals surface area (Å²) in [4.78, 5) is 27.5. The van der Waals surface area contributed by atoms with Crippen LogP contribution in [0.2, 0.25) is 0 Å². The van der Waals surface area contributed by atoms with Crippen LogP contribution in [0.1, 0.15) is 194 Å². The predicted molar refractivity (Wildman–Crippen MR) is 233 cm³/mol. The first-order valence-corrected chi connectivity index (χ1v) is 24.5. The quantitative estimate of drug-likeness (QED) is 0.0306. The van der Waals surface area contributed by atoms with E-state index in [4.69, 9.17) is 19.3 Å². The second-order valence-corrected chi connectivity index (χ2v) is 17.2. The van der Waals surface area contributed by atoms with Crippen molar-refractivity contribution in [3.8, 4) is 0 Å². The van der Waals surface area contributed by atoms with Gasteiger partial charge in [0, 0.05) is 32.5 Å². The van der Waals surface area contributed by atoms with Gasteiger partial charge in [-0.15, -0.1) is 0 Å². The minimum Gasteiger partial charge on any atom is -0.455 e. The molecule has 12 heteroatoms. The largest absolute Gasteiger partial charge is 0.455 e. The van der Waals surface area contributed by atoms with Crippen molar-refractivity contribution in [1.82, 2.24) is 4.90 Å². The Kier molecular flexibility index (Phi) is 39.6. The lowest BCUT2D eigenvalue weighted by Gasteiger charge is -2.26. The molecule has 0 aromatic heterocycles. The molecular weight excluding hydrogens is 745 g/mol. The Morgan fingerprint density at radius 3 is 1.32 bits per heavy atom. The highest BCUT2D eigenvalue weighted by Gasteiger charge is 2.38. The highest BCUT2D eigenvalue weighted by Crippen LogP contribution is 2.17. The summed E-state index contributed by atoms with van der Waals surface area (Å²) >= 11 is 0. The summed E-state index contributed by atoms with van der Waals surface area (Å²) in [5.74, 6) is -1.33. The van der Waals surface area contributed by atoms with E-state index in [0.717, 1.165) is 77.0 Å². The van der Waals surface area contributed by atoms with Gasteiger partial charge in [-0.25, -0.2) is 13.6 Å². The first-order valence-electron chi connectivity index (χ1n) is 22.9. The fraction of sp³-hybridized carbons (Fsp3) is 0.867. The Labute approximate surface area is 349 Å². The number of hydrogen-bond donors (Lipinski definition) is 3. The average molecular weight is 831 g/mol. The van der Waals surface area contributed by atoms with Crippen LogP contribution >= 0.6 is 0 Å². The number of nitrogens with zero attached hydrogens (tertiary/aromatic N) is 1. The topological polar surface area (TPSA) is 166 Å². The molecule has 0 heterocycles. The monoisotopic (exact) mass is 831 g/mol. The molecule has 0 rings (SSSR count). The maximum atomic E-state index is 12.9.